The Morgan fingerprint density at radius 3 is 1.77 bits per heavy atom. The predicted molar refractivity (Wildman–Crippen MR) is 106 cm³/mol. The van der Waals surface area contributed by atoms with Gasteiger partial charge in [0.15, 0.2) is 0 Å². The summed E-state index contributed by atoms with van der Waals surface area (Å²) in [7, 11) is -4.58. The van der Waals surface area contributed by atoms with Gasteiger partial charge in [-0.3, -0.25) is 9.35 Å². The third-order valence-corrected chi connectivity index (χ3v) is 4.35. The van der Waals surface area contributed by atoms with Crippen LogP contribution in [0.2, 0.25) is 0 Å². The number of hydrogen-bond donors (Lipinski definition) is 1. The molecule has 0 bridgehead atoms. The summed E-state index contributed by atoms with van der Waals surface area (Å²) in [6, 6.07) is 0. The van der Waals surface area contributed by atoms with Gasteiger partial charge in [0.1, 0.15) is 18.6 Å². The summed E-state index contributed by atoms with van der Waals surface area (Å²) in [6.07, 6.45) is 3.16. The number of rotatable bonds is 14. The van der Waals surface area contributed by atoms with E-state index in [-0.39, 0.29) is 48.6 Å². The first kappa shape index (κ1) is 31.0. The molecule has 30 heavy (non-hydrogen) atoms. The number of esters is 3. The second-order valence-corrected chi connectivity index (χ2v) is 8.34. The molecule has 0 aromatic heterocycles. The van der Waals surface area contributed by atoms with Crippen LogP contribution in [0.4, 0.5) is 0 Å². The van der Waals surface area contributed by atoms with Crippen molar-refractivity contribution >= 4 is 28.0 Å². The first-order valence-corrected chi connectivity index (χ1v) is 10.7. The van der Waals surface area contributed by atoms with Crippen molar-refractivity contribution in [2.75, 3.05) is 19.2 Å². The zero-order valence-corrected chi connectivity index (χ0v) is 21.0. The number of carbonyl (C=O) groups is 3. The number of hydrogen-bond acceptors (Lipinski definition) is 8. The van der Waals surface area contributed by atoms with Gasteiger partial charge in [-0.15, -0.1) is 0 Å². The van der Waals surface area contributed by atoms with Gasteiger partial charge >= 0.3 is 57.6 Å². The topological polar surface area (TPSA) is 133 Å². The molecule has 0 aromatic rings. The fourth-order valence-electron chi connectivity index (χ4n) is 2.23. The third-order valence-electron chi connectivity index (χ3n) is 3.94. The molecular weight excluding hydrogens is 427 g/mol. The summed E-state index contributed by atoms with van der Waals surface area (Å²) in [5, 5.41) is 0. The Kier molecular flexibility index (Phi) is 15.2. The Hall–Kier alpha value is -1.20. The van der Waals surface area contributed by atoms with E-state index in [2.05, 4.69) is 13.2 Å². The molecule has 0 spiro atoms. The van der Waals surface area contributed by atoms with Crippen molar-refractivity contribution in [1.82, 2.24) is 0 Å². The standard InChI is InChI=1S/C19H30O9S.Na.H/c1-6-7-8-9-10-19(11-26-16(20)14(2)3,12-27-17(21)15(4)5)18(22)28-13-29(23,24)25;;/h2,4,6-13H2,1,3,5H3,(H,23,24,25);;/q;+1;-1. The second-order valence-electron chi connectivity index (χ2n) is 6.94. The van der Waals surface area contributed by atoms with Crippen LogP contribution in [-0.2, 0) is 38.7 Å². The second kappa shape index (κ2) is 14.7. The Labute approximate surface area is 201 Å². The van der Waals surface area contributed by atoms with Gasteiger partial charge in [0.25, 0.3) is 0 Å². The molecule has 0 heterocycles. The molecule has 0 radical (unpaired) electrons. The first-order chi connectivity index (χ1) is 13.3. The molecule has 0 unspecified atom stereocenters. The monoisotopic (exact) mass is 458 g/mol. The zero-order valence-electron chi connectivity index (χ0n) is 19.2. The van der Waals surface area contributed by atoms with Gasteiger partial charge in [0.05, 0.1) is 0 Å². The van der Waals surface area contributed by atoms with E-state index in [1.54, 1.807) is 0 Å². The van der Waals surface area contributed by atoms with Crippen LogP contribution in [0.15, 0.2) is 24.3 Å². The van der Waals surface area contributed by atoms with Crippen LogP contribution >= 0.6 is 0 Å². The van der Waals surface area contributed by atoms with Gasteiger partial charge < -0.3 is 15.6 Å². The molecule has 0 amide bonds. The SMILES string of the molecule is C=C(C)C(=O)OCC(CCCCCC)(COC(=O)C(=C)C)C(=O)OCS(=O)(=O)O.[H-].[Na+]. The quantitative estimate of drug-likeness (QED) is 0.0929. The van der Waals surface area contributed by atoms with Gasteiger partial charge in [-0.1, -0.05) is 45.8 Å². The molecule has 1 N–H and O–H groups in total. The van der Waals surface area contributed by atoms with E-state index in [4.69, 9.17) is 18.8 Å². The van der Waals surface area contributed by atoms with Crippen molar-refractivity contribution in [3.05, 3.63) is 24.3 Å². The van der Waals surface area contributed by atoms with E-state index in [0.29, 0.717) is 6.42 Å². The van der Waals surface area contributed by atoms with Gasteiger partial charge in [0, 0.05) is 11.1 Å². The first-order valence-electron chi connectivity index (χ1n) is 9.12. The molecule has 0 aliphatic carbocycles. The molecule has 0 aliphatic rings. The number of ether oxygens (including phenoxy) is 3. The average Bonchev–Trinajstić information content (AvgIpc) is 2.63. The van der Waals surface area contributed by atoms with Gasteiger partial charge in [-0.2, -0.15) is 8.42 Å². The van der Waals surface area contributed by atoms with Gasteiger partial charge in [0.2, 0.25) is 5.94 Å². The minimum atomic E-state index is -4.58. The van der Waals surface area contributed by atoms with E-state index in [9.17, 15) is 22.8 Å². The Morgan fingerprint density at radius 2 is 1.40 bits per heavy atom. The van der Waals surface area contributed by atoms with Crippen LogP contribution in [0, 0.1) is 5.41 Å². The molecule has 0 fully saturated rings. The average molecular weight is 459 g/mol. The van der Waals surface area contributed by atoms with Crippen molar-refractivity contribution < 1.29 is 72.5 Å². The predicted octanol–water partition coefficient (Wildman–Crippen LogP) is -0.313. The maximum Gasteiger partial charge on any atom is 1.00 e. The van der Waals surface area contributed by atoms with E-state index >= 15 is 0 Å². The molecule has 0 rings (SSSR count). The minimum Gasteiger partial charge on any atom is -1.00 e. The van der Waals surface area contributed by atoms with Crippen LogP contribution in [-0.4, -0.2) is 50.0 Å². The van der Waals surface area contributed by atoms with Crippen molar-refractivity contribution in [2.45, 2.75) is 52.9 Å². The molecule has 0 saturated heterocycles. The Balaban J connectivity index is -0.00000392. The Morgan fingerprint density at radius 1 is 0.933 bits per heavy atom. The van der Waals surface area contributed by atoms with Crippen molar-refractivity contribution in [1.29, 1.82) is 0 Å². The van der Waals surface area contributed by atoms with Gasteiger partial charge in [-0.05, 0) is 20.3 Å². The van der Waals surface area contributed by atoms with Crippen molar-refractivity contribution in [3.63, 3.8) is 0 Å². The normalized spacial score (nSPS) is 11.1. The summed E-state index contributed by atoms with van der Waals surface area (Å²) < 4.78 is 45.7. The van der Waals surface area contributed by atoms with E-state index in [0.717, 1.165) is 19.3 Å². The third kappa shape index (κ3) is 12.5. The molecule has 168 valence electrons. The van der Waals surface area contributed by atoms with Crippen molar-refractivity contribution in [2.24, 2.45) is 5.41 Å². The molecule has 11 heteroatoms. The van der Waals surface area contributed by atoms with Crippen LogP contribution in [0.25, 0.3) is 0 Å². The summed E-state index contributed by atoms with van der Waals surface area (Å²) >= 11 is 0. The molecule has 0 aromatic carbocycles. The molecule has 0 atom stereocenters. The minimum absolute atomic E-state index is 0. The maximum atomic E-state index is 12.7. The van der Waals surface area contributed by atoms with Crippen LogP contribution in [0.3, 0.4) is 0 Å². The summed E-state index contributed by atoms with van der Waals surface area (Å²) in [6.45, 7) is 10.7. The molecule has 9 nitrogen and oxygen atoms in total. The molecule has 0 saturated carbocycles. The Bertz CT molecular complexity index is 705. The summed E-state index contributed by atoms with van der Waals surface area (Å²) in [4.78, 5) is 36.4. The fraction of sp³-hybridized carbons (Fsp3) is 0.632. The van der Waals surface area contributed by atoms with Crippen molar-refractivity contribution in [3.8, 4) is 0 Å². The van der Waals surface area contributed by atoms with E-state index in [1.165, 1.54) is 13.8 Å². The summed E-state index contributed by atoms with van der Waals surface area (Å²) in [5.74, 6) is -3.88. The molecule has 0 aliphatic heterocycles. The number of carbonyl (C=O) groups excluding carboxylic acids is 3. The summed E-state index contributed by atoms with van der Waals surface area (Å²) in [5.41, 5.74) is -1.46. The van der Waals surface area contributed by atoms with Crippen LogP contribution < -0.4 is 29.6 Å². The fourth-order valence-corrected chi connectivity index (χ4v) is 2.49. The maximum absolute atomic E-state index is 12.7. The molecular formula is C19H31NaO9S. The number of unbranched alkanes of at least 4 members (excludes halogenated alkanes) is 3. The van der Waals surface area contributed by atoms with Crippen LogP contribution in [0.5, 0.6) is 0 Å². The largest absolute Gasteiger partial charge is 1.00 e. The smallest absolute Gasteiger partial charge is 1.00 e. The van der Waals surface area contributed by atoms with E-state index < -0.39 is 52.6 Å². The zero-order chi connectivity index (χ0) is 22.7. The van der Waals surface area contributed by atoms with Gasteiger partial charge in [-0.25, -0.2) is 9.59 Å². The van der Waals surface area contributed by atoms with E-state index in [1.807, 2.05) is 6.92 Å². The van der Waals surface area contributed by atoms with Crippen LogP contribution in [0.1, 0.15) is 54.3 Å².